The molecule has 0 amide bonds. The largest absolute Gasteiger partial charge is 0.310 e. The summed E-state index contributed by atoms with van der Waals surface area (Å²) in [4.78, 5) is 5.16. The lowest BCUT2D eigenvalue weighted by Crippen LogP contribution is -2.18. The second-order valence-electron chi connectivity index (χ2n) is 23.2. The number of aryl methyl sites for hydroxylation is 4. The molecule has 17 rings (SSSR count). The molecule has 2 nitrogen and oxygen atoms in total. The second-order valence-corrected chi connectivity index (χ2v) is 23.2. The Morgan fingerprint density at radius 2 is 0.859 bits per heavy atom. The Kier molecular flexibility index (Phi) is 10.5. The maximum atomic E-state index is 2.62. The van der Waals surface area contributed by atoms with Crippen molar-refractivity contribution >= 4 is 34.1 Å². The van der Waals surface area contributed by atoms with Crippen molar-refractivity contribution in [3.05, 3.63) is 226 Å². The highest BCUT2D eigenvalue weighted by atomic mass is 15.2. The smallest absolute Gasteiger partial charge is 0.0496 e. The third-order valence-electron chi connectivity index (χ3n) is 18.8. The zero-order valence-corrected chi connectivity index (χ0v) is 41.7. The fraction of sp³-hybridized carbons (Fsp3) is 0.304. The number of hydrogen-bond donors (Lipinski definition) is 0. The van der Waals surface area contributed by atoms with Crippen molar-refractivity contribution in [3.63, 3.8) is 0 Å². The molecule has 2 heteroatoms. The zero-order valence-electron chi connectivity index (χ0n) is 41.7. The first kappa shape index (κ1) is 43.2. The number of fused-ring (bicyclic) bond motifs is 7. The first-order valence-electron chi connectivity index (χ1n) is 27.3. The third kappa shape index (κ3) is 7.58. The van der Waals surface area contributed by atoms with E-state index in [1.165, 1.54) is 147 Å². The fourth-order valence-corrected chi connectivity index (χ4v) is 15.1. The van der Waals surface area contributed by atoms with Crippen LogP contribution in [0.2, 0.25) is 0 Å². The van der Waals surface area contributed by atoms with Crippen LogP contribution in [0.15, 0.2) is 182 Å². The van der Waals surface area contributed by atoms with E-state index in [4.69, 9.17) is 0 Å². The molecule has 352 valence electrons. The van der Waals surface area contributed by atoms with Gasteiger partial charge < -0.3 is 9.80 Å². The predicted octanol–water partition coefficient (Wildman–Crippen LogP) is 18.3. The molecule has 8 aromatic carbocycles. The number of benzene rings is 8. The number of anilines is 6. The number of nitrogens with zero attached hydrogens (tertiary/aromatic N) is 2. The molecule has 4 fully saturated rings. The van der Waals surface area contributed by atoms with Gasteiger partial charge in [0, 0.05) is 39.5 Å². The highest BCUT2D eigenvalue weighted by molar-refractivity contribution is 5.88. The van der Waals surface area contributed by atoms with Crippen LogP contribution in [0.3, 0.4) is 0 Å². The van der Waals surface area contributed by atoms with Gasteiger partial charge in [0.15, 0.2) is 0 Å². The van der Waals surface area contributed by atoms with Gasteiger partial charge in [-0.05, 0) is 233 Å². The monoisotopic (exact) mass is 923 g/mol. The van der Waals surface area contributed by atoms with Crippen LogP contribution in [0.4, 0.5) is 34.1 Å². The van der Waals surface area contributed by atoms with E-state index in [2.05, 4.69) is 206 Å². The van der Waals surface area contributed by atoms with E-state index in [1.807, 2.05) is 0 Å². The molecule has 4 saturated carbocycles. The molecule has 9 aliphatic carbocycles. The molecule has 6 atom stereocenters. The molecule has 0 N–H and O–H groups in total. The summed E-state index contributed by atoms with van der Waals surface area (Å²) in [5, 5.41) is 0. The average molecular weight is 923 g/mol. The summed E-state index contributed by atoms with van der Waals surface area (Å²) in [5.41, 5.74) is 24.1. The van der Waals surface area contributed by atoms with Crippen molar-refractivity contribution in [2.75, 3.05) is 9.80 Å². The zero-order chi connectivity index (χ0) is 47.2. The molecule has 0 saturated heterocycles. The quantitative estimate of drug-likeness (QED) is 0.142. The van der Waals surface area contributed by atoms with Crippen LogP contribution in [0.5, 0.6) is 0 Å². The van der Waals surface area contributed by atoms with Gasteiger partial charge in [-0.2, -0.15) is 0 Å². The van der Waals surface area contributed by atoms with Gasteiger partial charge in [0.2, 0.25) is 0 Å². The van der Waals surface area contributed by atoms with Crippen molar-refractivity contribution in [3.8, 4) is 22.3 Å². The Hall–Kier alpha value is -6.64. The lowest BCUT2D eigenvalue weighted by atomic mass is 9.81. The first-order chi connectivity index (χ1) is 34.9. The van der Waals surface area contributed by atoms with Crippen LogP contribution >= 0.6 is 0 Å². The summed E-state index contributed by atoms with van der Waals surface area (Å²) < 4.78 is 0. The van der Waals surface area contributed by atoms with Gasteiger partial charge in [0.25, 0.3) is 0 Å². The van der Waals surface area contributed by atoms with Gasteiger partial charge in [0.05, 0.1) is 0 Å². The maximum Gasteiger partial charge on any atom is 0.0496 e. The van der Waals surface area contributed by atoms with Crippen LogP contribution < -0.4 is 9.80 Å². The molecule has 8 bridgehead atoms. The van der Waals surface area contributed by atoms with E-state index in [0.29, 0.717) is 5.92 Å². The summed E-state index contributed by atoms with van der Waals surface area (Å²) in [6, 6.07) is 70.9. The first-order valence-corrected chi connectivity index (χ1v) is 27.3. The van der Waals surface area contributed by atoms with Crippen LogP contribution in [0.25, 0.3) is 22.3 Å². The van der Waals surface area contributed by atoms with E-state index < -0.39 is 0 Å². The fourth-order valence-electron chi connectivity index (χ4n) is 15.1. The van der Waals surface area contributed by atoms with Crippen molar-refractivity contribution < 1.29 is 0 Å². The third-order valence-corrected chi connectivity index (χ3v) is 18.8. The minimum atomic E-state index is -0.154. The molecule has 71 heavy (non-hydrogen) atoms. The summed E-state index contributed by atoms with van der Waals surface area (Å²) in [7, 11) is 0. The highest BCUT2D eigenvalue weighted by Crippen LogP contribution is 2.56. The van der Waals surface area contributed by atoms with Crippen LogP contribution in [-0.4, -0.2) is 0 Å². The SMILES string of the molecule is CC1(C)c2cc(-c3ccccc3)ccc2-c2ccc(N(c3ccc(C4CC5CCC4C5)cc3)c3cc4ccc3CCc3ccc(c(N(c5ccccc5)c5ccc(C6CC7CCC6C7)cc5)c3)CC4)cc21. The van der Waals surface area contributed by atoms with Gasteiger partial charge >= 0.3 is 0 Å². The van der Waals surface area contributed by atoms with Crippen LogP contribution in [0, 0.1) is 23.7 Å². The molecule has 0 aliphatic heterocycles. The molecule has 9 aliphatic rings. The molecular formula is C69H66N2. The predicted molar refractivity (Wildman–Crippen MR) is 296 cm³/mol. The highest BCUT2D eigenvalue weighted by Gasteiger charge is 2.42. The molecule has 0 spiro atoms. The van der Waals surface area contributed by atoms with E-state index >= 15 is 0 Å². The normalized spacial score (nSPS) is 23.1. The van der Waals surface area contributed by atoms with E-state index in [9.17, 15) is 0 Å². The Morgan fingerprint density at radius 3 is 1.38 bits per heavy atom. The number of rotatable bonds is 9. The van der Waals surface area contributed by atoms with Crippen molar-refractivity contribution in [2.24, 2.45) is 23.7 Å². The standard InChI is InChI=1S/C69H66N2/c1-69(2)65-43-54(49-9-5-3-6-10-49)29-35-61(65)62-36-34-60(44-66(62)69)71(59-32-27-51(28-33-59)64-40-48-18-24-56(64)38-48)68-42-46-14-20-52-19-13-45(15-21-53(68)22-16-46)41-67(52)70(57-11-7-4-8-12-57)58-30-25-50(26-31-58)63-39-47-17-23-55(63)37-47/h3-13,16,19,22,25-36,41-44,47-48,55-56,63-64H,14-15,17-18,20-21,23-24,37-40H2,1-2H3. The Morgan fingerprint density at radius 1 is 0.380 bits per heavy atom. The minimum absolute atomic E-state index is 0.154. The molecule has 8 aromatic rings. The summed E-state index contributed by atoms with van der Waals surface area (Å²) in [5.74, 6) is 5.05. The lowest BCUT2D eigenvalue weighted by Gasteiger charge is -2.31. The van der Waals surface area contributed by atoms with Crippen molar-refractivity contribution in [1.82, 2.24) is 0 Å². The van der Waals surface area contributed by atoms with Gasteiger partial charge in [0.1, 0.15) is 0 Å². The molecule has 0 heterocycles. The van der Waals surface area contributed by atoms with Crippen LogP contribution in [0.1, 0.15) is 122 Å². The average Bonchev–Trinajstić information content (AvgIpc) is 4.28. The van der Waals surface area contributed by atoms with Gasteiger partial charge in [-0.15, -0.1) is 0 Å². The van der Waals surface area contributed by atoms with Crippen LogP contribution in [-0.2, 0) is 31.1 Å². The topological polar surface area (TPSA) is 6.48 Å². The second kappa shape index (κ2) is 17.3. The lowest BCUT2D eigenvalue weighted by molar-refractivity contribution is 0.420. The summed E-state index contributed by atoms with van der Waals surface area (Å²) in [6.07, 6.45) is 15.1. The summed E-state index contributed by atoms with van der Waals surface area (Å²) in [6.45, 7) is 4.86. The van der Waals surface area contributed by atoms with Gasteiger partial charge in [-0.3, -0.25) is 0 Å². The van der Waals surface area contributed by atoms with E-state index in [-0.39, 0.29) is 5.41 Å². The molecular weight excluding hydrogens is 857 g/mol. The Labute approximate surface area is 422 Å². The van der Waals surface area contributed by atoms with E-state index in [0.717, 1.165) is 55.3 Å². The summed E-state index contributed by atoms with van der Waals surface area (Å²) >= 11 is 0. The molecule has 0 aromatic heterocycles. The van der Waals surface area contributed by atoms with Crippen molar-refractivity contribution in [1.29, 1.82) is 0 Å². The molecule has 6 unspecified atom stereocenters. The van der Waals surface area contributed by atoms with Gasteiger partial charge in [-0.1, -0.05) is 142 Å². The van der Waals surface area contributed by atoms with E-state index in [1.54, 1.807) is 5.56 Å². The maximum absolute atomic E-state index is 2.62. The number of para-hydroxylation sites is 1. The number of hydrogen-bond acceptors (Lipinski definition) is 2. The van der Waals surface area contributed by atoms with Gasteiger partial charge in [-0.25, -0.2) is 0 Å². The Balaban J connectivity index is 0.833. The molecule has 0 radical (unpaired) electrons. The minimum Gasteiger partial charge on any atom is -0.310 e. The van der Waals surface area contributed by atoms with Crippen molar-refractivity contribution in [2.45, 2.75) is 108 Å². The Bertz CT molecular complexity index is 3270.